The number of nitrogens with two attached hydrogens (primary N) is 1. The van der Waals surface area contributed by atoms with E-state index < -0.39 is 18.4 Å². The summed E-state index contributed by atoms with van der Waals surface area (Å²) in [5, 5.41) is 28.4. The lowest BCUT2D eigenvalue weighted by atomic mass is 10.2. The molecule has 0 amide bonds. The van der Waals surface area contributed by atoms with Crippen LogP contribution in [0.3, 0.4) is 0 Å². The molecular formula is C10H14N5O4+. The van der Waals surface area contributed by atoms with Crippen molar-refractivity contribution in [3.63, 3.8) is 0 Å². The van der Waals surface area contributed by atoms with Crippen molar-refractivity contribution in [1.82, 2.24) is 14.5 Å². The third kappa shape index (κ3) is 1.79. The van der Waals surface area contributed by atoms with Crippen LogP contribution in [0.1, 0.15) is 12.6 Å². The number of nitrogens with zero attached hydrogens (tertiary/aromatic N) is 4. The predicted octanol–water partition coefficient (Wildman–Crippen LogP) is -1.82. The Morgan fingerprint density at radius 3 is 3.00 bits per heavy atom. The van der Waals surface area contributed by atoms with E-state index in [0.29, 0.717) is 22.3 Å². The maximum Gasteiger partial charge on any atom is 0.289 e. The summed E-state index contributed by atoms with van der Waals surface area (Å²) in [5.74, 6) is 0.0509. The van der Waals surface area contributed by atoms with Crippen LogP contribution in [0, 0.1) is 0 Å². The first-order chi connectivity index (χ1) is 9.11. The summed E-state index contributed by atoms with van der Waals surface area (Å²) in [6, 6.07) is 0. The molecule has 19 heavy (non-hydrogen) atoms. The zero-order valence-corrected chi connectivity index (χ0v) is 9.92. The lowest BCUT2D eigenvalue weighted by molar-refractivity contribution is -0.894. The Bertz CT molecular complexity index is 615. The van der Waals surface area contributed by atoms with Crippen LogP contribution in [0.25, 0.3) is 11.2 Å². The summed E-state index contributed by atoms with van der Waals surface area (Å²) in [7, 11) is 0. The van der Waals surface area contributed by atoms with Gasteiger partial charge in [0.05, 0.1) is 12.7 Å². The SMILES string of the molecule is Nc1c2ncn([C@@H]3O[C@H](CO)C[C@@H]3O)c2nc[n+]1O. The second kappa shape index (κ2) is 4.30. The molecule has 3 atom stereocenters. The van der Waals surface area contributed by atoms with Crippen LogP contribution in [0.15, 0.2) is 12.7 Å². The third-order valence-corrected chi connectivity index (χ3v) is 3.19. The minimum atomic E-state index is -0.765. The van der Waals surface area contributed by atoms with Crippen molar-refractivity contribution in [3.05, 3.63) is 12.7 Å². The zero-order valence-electron chi connectivity index (χ0n) is 9.92. The topological polar surface area (TPSA) is 131 Å². The molecule has 0 unspecified atom stereocenters. The predicted molar refractivity (Wildman–Crippen MR) is 60.9 cm³/mol. The van der Waals surface area contributed by atoms with E-state index in [1.54, 1.807) is 0 Å². The lowest BCUT2D eigenvalue weighted by Gasteiger charge is -2.15. The second-order valence-corrected chi connectivity index (χ2v) is 4.43. The largest absolute Gasteiger partial charge is 0.394 e. The van der Waals surface area contributed by atoms with Crippen molar-refractivity contribution in [2.75, 3.05) is 12.3 Å². The Hall–Kier alpha value is -1.97. The highest BCUT2D eigenvalue weighted by Crippen LogP contribution is 2.30. The van der Waals surface area contributed by atoms with Crippen LogP contribution >= 0.6 is 0 Å². The molecule has 0 spiro atoms. The van der Waals surface area contributed by atoms with Gasteiger partial charge in [0.25, 0.3) is 12.1 Å². The highest BCUT2D eigenvalue weighted by molar-refractivity contribution is 5.79. The molecule has 9 heteroatoms. The molecule has 1 saturated heterocycles. The molecule has 0 saturated carbocycles. The minimum Gasteiger partial charge on any atom is -0.394 e. The van der Waals surface area contributed by atoms with Crippen LogP contribution in [-0.2, 0) is 4.74 Å². The summed E-state index contributed by atoms with van der Waals surface area (Å²) in [4.78, 5) is 8.06. The minimum absolute atomic E-state index is 0.0509. The summed E-state index contributed by atoms with van der Waals surface area (Å²) in [5.41, 5.74) is 6.38. The summed E-state index contributed by atoms with van der Waals surface area (Å²) >= 11 is 0. The van der Waals surface area contributed by atoms with Crippen molar-refractivity contribution in [1.29, 1.82) is 0 Å². The molecule has 102 valence electrons. The fourth-order valence-corrected chi connectivity index (χ4v) is 2.23. The van der Waals surface area contributed by atoms with E-state index in [1.165, 1.54) is 10.9 Å². The van der Waals surface area contributed by atoms with Crippen LogP contribution in [0.2, 0.25) is 0 Å². The van der Waals surface area contributed by atoms with Gasteiger partial charge in [0.1, 0.15) is 12.4 Å². The normalized spacial score (nSPS) is 27.2. The Kier molecular flexibility index (Phi) is 2.73. The van der Waals surface area contributed by atoms with Gasteiger partial charge in [0.2, 0.25) is 11.2 Å². The fraction of sp³-hybridized carbons (Fsp3) is 0.500. The first-order valence-corrected chi connectivity index (χ1v) is 5.78. The number of anilines is 1. The van der Waals surface area contributed by atoms with Crippen molar-refractivity contribution >= 4 is 17.0 Å². The molecule has 0 bridgehead atoms. The van der Waals surface area contributed by atoms with Gasteiger partial charge in [-0.05, 0) is 0 Å². The number of hydrogen-bond acceptors (Lipinski definition) is 7. The zero-order chi connectivity index (χ0) is 13.6. The molecule has 2 aromatic heterocycles. The third-order valence-electron chi connectivity index (χ3n) is 3.19. The monoisotopic (exact) mass is 268 g/mol. The van der Waals surface area contributed by atoms with Gasteiger partial charge >= 0.3 is 0 Å². The highest BCUT2D eigenvalue weighted by atomic mass is 16.5. The van der Waals surface area contributed by atoms with Crippen molar-refractivity contribution in [3.8, 4) is 0 Å². The number of fused-ring (bicyclic) bond motifs is 1. The van der Waals surface area contributed by atoms with E-state index in [2.05, 4.69) is 9.97 Å². The van der Waals surface area contributed by atoms with Gasteiger partial charge in [-0.25, -0.2) is 4.98 Å². The molecule has 0 aromatic carbocycles. The Labute approximate surface area is 107 Å². The average Bonchev–Trinajstić information content (AvgIpc) is 2.97. The molecule has 0 aliphatic carbocycles. The lowest BCUT2D eigenvalue weighted by Crippen LogP contribution is -2.34. The molecule has 5 N–H and O–H groups in total. The maximum atomic E-state index is 9.95. The summed E-state index contributed by atoms with van der Waals surface area (Å²) in [6.07, 6.45) is 1.05. The van der Waals surface area contributed by atoms with Crippen LogP contribution in [0.5, 0.6) is 0 Å². The first-order valence-electron chi connectivity index (χ1n) is 5.78. The van der Waals surface area contributed by atoms with E-state index in [-0.39, 0.29) is 12.4 Å². The Morgan fingerprint density at radius 1 is 1.53 bits per heavy atom. The Morgan fingerprint density at radius 2 is 2.32 bits per heavy atom. The molecule has 3 rings (SSSR count). The average molecular weight is 268 g/mol. The number of aromatic nitrogens is 4. The highest BCUT2D eigenvalue weighted by Gasteiger charge is 2.36. The van der Waals surface area contributed by atoms with Crippen molar-refractivity contribution < 1.29 is 24.9 Å². The smallest absolute Gasteiger partial charge is 0.289 e. The Balaban J connectivity index is 2.05. The fourth-order valence-electron chi connectivity index (χ4n) is 2.23. The molecule has 0 radical (unpaired) electrons. The van der Waals surface area contributed by atoms with E-state index >= 15 is 0 Å². The molecule has 1 aliphatic rings. The number of nitrogen functional groups attached to an aromatic ring is 1. The standard InChI is InChI=1S/C10H13N5O4/c11-8-7-9(13-4-15(8)18)14(3-12-7)10-6(17)1-5(2-16)19-10/h3-6,10-11,16-18H,1-2H2/p+1/t5-,6-,10+/m0/s1. The number of ether oxygens (including phenoxy) is 1. The van der Waals surface area contributed by atoms with E-state index in [9.17, 15) is 10.3 Å². The van der Waals surface area contributed by atoms with Gasteiger partial charge in [0.15, 0.2) is 6.23 Å². The van der Waals surface area contributed by atoms with Gasteiger partial charge in [-0.15, -0.1) is 0 Å². The number of hydrogen-bond donors (Lipinski definition) is 4. The van der Waals surface area contributed by atoms with Gasteiger partial charge < -0.3 is 25.9 Å². The van der Waals surface area contributed by atoms with Crippen LogP contribution in [-0.4, -0.2) is 48.8 Å². The molecule has 3 heterocycles. The van der Waals surface area contributed by atoms with Gasteiger partial charge in [-0.3, -0.25) is 4.57 Å². The number of imidazole rings is 1. The van der Waals surface area contributed by atoms with E-state index in [0.717, 1.165) is 6.33 Å². The first kappa shape index (κ1) is 12.1. The van der Waals surface area contributed by atoms with E-state index in [1.807, 2.05) is 0 Å². The van der Waals surface area contributed by atoms with Crippen LogP contribution < -0.4 is 10.5 Å². The van der Waals surface area contributed by atoms with Crippen molar-refractivity contribution in [2.45, 2.75) is 24.9 Å². The number of aliphatic hydroxyl groups is 2. The molecule has 1 fully saturated rings. The van der Waals surface area contributed by atoms with Crippen LogP contribution in [0.4, 0.5) is 5.82 Å². The summed E-state index contributed by atoms with van der Waals surface area (Å²) < 4.78 is 7.72. The molecule has 1 aliphatic heterocycles. The van der Waals surface area contributed by atoms with Gasteiger partial charge in [-0.1, -0.05) is 9.71 Å². The molecule has 2 aromatic rings. The quantitative estimate of drug-likeness (QED) is 0.372. The van der Waals surface area contributed by atoms with Crippen molar-refractivity contribution in [2.24, 2.45) is 0 Å². The second-order valence-electron chi connectivity index (χ2n) is 4.43. The summed E-state index contributed by atoms with van der Waals surface area (Å²) in [6.45, 7) is -0.160. The maximum absolute atomic E-state index is 9.95. The van der Waals surface area contributed by atoms with Gasteiger partial charge in [-0.2, -0.15) is 0 Å². The number of aliphatic hydroxyl groups excluding tert-OH is 2. The molecule has 9 nitrogen and oxygen atoms in total. The van der Waals surface area contributed by atoms with E-state index in [4.69, 9.17) is 15.6 Å². The number of rotatable bonds is 2. The molecular weight excluding hydrogens is 254 g/mol. The van der Waals surface area contributed by atoms with Gasteiger partial charge in [0, 0.05) is 6.42 Å².